The third kappa shape index (κ3) is 2.53. The lowest BCUT2D eigenvalue weighted by atomic mass is 9.48. The molecule has 5 rings (SSSR count). The number of halogens is 1. The Labute approximate surface area is 140 Å². The molecule has 2 atom stereocenters. The number of aromatic nitrogens is 3. The molecule has 0 aliphatic heterocycles. The van der Waals surface area contributed by atoms with Gasteiger partial charge < -0.3 is 9.88 Å². The van der Waals surface area contributed by atoms with Crippen LogP contribution in [0.4, 0.5) is 4.39 Å². The van der Waals surface area contributed by atoms with Crippen molar-refractivity contribution >= 4 is 18.1 Å². The van der Waals surface area contributed by atoms with Crippen LogP contribution < -0.4 is 5.32 Å². The van der Waals surface area contributed by atoms with Crippen molar-refractivity contribution in [1.29, 1.82) is 0 Å². The molecule has 0 unspecified atom stereocenters. The predicted octanol–water partition coefficient (Wildman–Crippen LogP) is 2.44. The van der Waals surface area contributed by atoms with E-state index in [1.807, 2.05) is 11.6 Å². The van der Waals surface area contributed by atoms with Crippen LogP contribution in [0.2, 0.25) is 0 Å². The summed E-state index contributed by atoms with van der Waals surface area (Å²) in [5, 5.41) is 9.93. The Balaban J connectivity index is 1.41. The van der Waals surface area contributed by atoms with Crippen molar-refractivity contribution < 1.29 is 9.18 Å². The Morgan fingerprint density at radius 1 is 1.43 bits per heavy atom. The number of hydrogen-bond acceptors (Lipinski definition) is 3. The molecule has 0 saturated heterocycles. The summed E-state index contributed by atoms with van der Waals surface area (Å²) in [4.78, 5) is 12.8. The molecule has 1 amide bonds. The first-order chi connectivity index (χ1) is 10.9. The lowest BCUT2D eigenvalue weighted by molar-refractivity contribution is -0.160. The molecule has 5 nitrogen and oxygen atoms in total. The van der Waals surface area contributed by atoms with E-state index in [0.29, 0.717) is 48.8 Å². The van der Waals surface area contributed by atoms with Gasteiger partial charge in [0.25, 0.3) is 0 Å². The Bertz CT molecular complexity index is 682. The zero-order valence-corrected chi connectivity index (χ0v) is 14.2. The zero-order valence-electron chi connectivity index (χ0n) is 13.4. The average molecular weight is 338 g/mol. The molecule has 23 heavy (non-hydrogen) atoms. The first-order valence-electron chi connectivity index (χ1n) is 8.47. The van der Waals surface area contributed by atoms with Crippen LogP contribution in [-0.4, -0.2) is 32.9 Å². The van der Waals surface area contributed by atoms with Crippen LogP contribution in [-0.2, 0) is 18.3 Å². The van der Waals surface area contributed by atoms with Gasteiger partial charge in [-0.15, -0.1) is 0 Å². The van der Waals surface area contributed by atoms with E-state index in [0.717, 1.165) is 25.1 Å². The van der Waals surface area contributed by atoms with E-state index in [-0.39, 0.29) is 5.91 Å². The minimum Gasteiger partial charge on any atom is -0.355 e. The molecular weight excluding hydrogens is 315 g/mol. The smallest absolute Gasteiger partial charge is 0.226 e. The molecule has 4 bridgehead atoms. The summed E-state index contributed by atoms with van der Waals surface area (Å²) in [6, 6.07) is 0. The topological polar surface area (TPSA) is 62.7 Å². The maximum Gasteiger partial charge on any atom is 0.226 e. The summed E-state index contributed by atoms with van der Waals surface area (Å²) in [5.74, 6) is 1.67. The first kappa shape index (κ1) is 15.3. The van der Waals surface area contributed by atoms with Gasteiger partial charge in [-0.25, -0.2) is 4.39 Å². The van der Waals surface area contributed by atoms with Crippen LogP contribution in [0.5, 0.6) is 0 Å². The molecule has 0 radical (unpaired) electrons. The molecule has 4 fully saturated rings. The van der Waals surface area contributed by atoms with Crippen LogP contribution in [0.15, 0.2) is 0 Å². The second-order valence-electron chi connectivity index (χ2n) is 7.90. The van der Waals surface area contributed by atoms with E-state index in [4.69, 9.17) is 12.2 Å². The Morgan fingerprint density at radius 3 is 2.70 bits per heavy atom. The second-order valence-corrected chi connectivity index (χ2v) is 8.29. The summed E-state index contributed by atoms with van der Waals surface area (Å²) >= 11 is 5.08. The Kier molecular flexibility index (Phi) is 3.41. The fourth-order valence-corrected chi connectivity index (χ4v) is 5.65. The fourth-order valence-electron chi connectivity index (χ4n) is 5.49. The summed E-state index contributed by atoms with van der Waals surface area (Å²) in [6.45, 7) is 0.517. The maximum absolute atomic E-state index is 14.9. The molecule has 1 aromatic rings. The average Bonchev–Trinajstić information content (AvgIpc) is 2.76. The van der Waals surface area contributed by atoms with Gasteiger partial charge in [0.05, 0.1) is 5.41 Å². The molecule has 4 saturated carbocycles. The van der Waals surface area contributed by atoms with Gasteiger partial charge in [0.15, 0.2) is 4.77 Å². The predicted molar refractivity (Wildman–Crippen MR) is 86.1 cm³/mol. The van der Waals surface area contributed by atoms with Crippen LogP contribution in [0.3, 0.4) is 0 Å². The number of carbonyl (C=O) groups excluding carboxylic acids is 1. The van der Waals surface area contributed by atoms with Gasteiger partial charge >= 0.3 is 0 Å². The highest BCUT2D eigenvalue weighted by Crippen LogP contribution is 2.62. The molecule has 4 aliphatic carbocycles. The third-order valence-electron chi connectivity index (χ3n) is 6.08. The maximum atomic E-state index is 14.9. The molecule has 126 valence electrons. The van der Waals surface area contributed by atoms with Crippen LogP contribution in [0, 0.1) is 22.0 Å². The van der Waals surface area contributed by atoms with Gasteiger partial charge in [0, 0.05) is 20.0 Å². The van der Waals surface area contributed by atoms with E-state index in [9.17, 15) is 9.18 Å². The number of aromatic amines is 1. The van der Waals surface area contributed by atoms with Crippen LogP contribution in [0.25, 0.3) is 0 Å². The van der Waals surface area contributed by atoms with Crippen molar-refractivity contribution in [3.8, 4) is 0 Å². The molecule has 1 aromatic heterocycles. The lowest BCUT2D eigenvalue weighted by Crippen LogP contribution is -2.59. The quantitative estimate of drug-likeness (QED) is 0.829. The van der Waals surface area contributed by atoms with E-state index in [1.54, 1.807) is 0 Å². The van der Waals surface area contributed by atoms with Gasteiger partial charge in [0.1, 0.15) is 11.5 Å². The minimum atomic E-state index is -1.09. The van der Waals surface area contributed by atoms with Crippen molar-refractivity contribution in [1.82, 2.24) is 20.1 Å². The van der Waals surface area contributed by atoms with Crippen molar-refractivity contribution in [2.45, 2.75) is 50.6 Å². The summed E-state index contributed by atoms with van der Waals surface area (Å²) in [5.41, 5.74) is -1.55. The summed E-state index contributed by atoms with van der Waals surface area (Å²) < 4.78 is 17.3. The molecule has 0 aromatic carbocycles. The highest BCUT2D eigenvalue weighted by Gasteiger charge is 2.61. The lowest BCUT2D eigenvalue weighted by Gasteiger charge is -2.58. The third-order valence-corrected chi connectivity index (χ3v) is 6.44. The minimum absolute atomic E-state index is 0.0467. The standard InChI is InChI=1S/C16H23FN4OS/c1-21-12(19-20-14(21)23)2-3-18-13(22)15-5-10-4-11(6-15)8-16(17,7-10)9-15/h10-11H,2-9H2,1H3,(H,18,22)(H,20,23)/t10-,11-,15?,16?/m1/s1. The van der Waals surface area contributed by atoms with Crippen molar-refractivity contribution in [2.75, 3.05) is 6.54 Å². The van der Waals surface area contributed by atoms with Gasteiger partial charge in [-0.2, -0.15) is 5.10 Å². The molecule has 4 aliphatic rings. The highest BCUT2D eigenvalue weighted by molar-refractivity contribution is 7.71. The fraction of sp³-hybridized carbons (Fsp3) is 0.812. The van der Waals surface area contributed by atoms with Gasteiger partial charge in [-0.05, 0) is 62.6 Å². The van der Waals surface area contributed by atoms with E-state index in [2.05, 4.69) is 15.5 Å². The number of hydrogen-bond donors (Lipinski definition) is 2. The molecule has 7 heteroatoms. The number of H-pyrrole nitrogens is 1. The normalized spacial score (nSPS) is 38.0. The number of nitrogens with zero attached hydrogens (tertiary/aromatic N) is 2. The van der Waals surface area contributed by atoms with E-state index in [1.165, 1.54) is 0 Å². The van der Waals surface area contributed by atoms with Crippen LogP contribution >= 0.6 is 12.2 Å². The SMILES string of the molecule is Cn1c(CCNC(=O)C23C[C@H]4C[C@@H](CC(F)(C4)C2)C3)n[nH]c1=S. The largest absolute Gasteiger partial charge is 0.355 e. The Morgan fingerprint density at radius 2 is 2.13 bits per heavy atom. The number of amides is 1. The van der Waals surface area contributed by atoms with Crippen LogP contribution in [0.1, 0.15) is 44.3 Å². The molecule has 1 heterocycles. The van der Waals surface area contributed by atoms with E-state index < -0.39 is 11.1 Å². The first-order valence-corrected chi connectivity index (χ1v) is 8.88. The second kappa shape index (κ2) is 5.13. The molecule has 0 spiro atoms. The zero-order chi connectivity index (χ0) is 16.2. The highest BCUT2D eigenvalue weighted by atomic mass is 32.1. The Hall–Kier alpha value is -1.24. The monoisotopic (exact) mass is 338 g/mol. The van der Waals surface area contributed by atoms with E-state index >= 15 is 0 Å². The summed E-state index contributed by atoms with van der Waals surface area (Å²) in [6.07, 6.45) is 5.24. The van der Waals surface area contributed by atoms with Gasteiger partial charge in [-0.3, -0.25) is 9.89 Å². The van der Waals surface area contributed by atoms with Crippen molar-refractivity contribution in [3.05, 3.63) is 10.6 Å². The number of alkyl halides is 1. The molecule has 2 N–H and O–H groups in total. The number of nitrogens with one attached hydrogen (secondary N) is 2. The van der Waals surface area contributed by atoms with Crippen molar-refractivity contribution in [2.24, 2.45) is 24.3 Å². The summed E-state index contributed by atoms with van der Waals surface area (Å²) in [7, 11) is 1.86. The number of carbonyl (C=O) groups is 1. The van der Waals surface area contributed by atoms with Crippen molar-refractivity contribution in [3.63, 3.8) is 0 Å². The molecular formula is C16H23FN4OS. The van der Waals surface area contributed by atoms with Gasteiger partial charge in [0.2, 0.25) is 5.91 Å². The number of rotatable bonds is 4. The van der Waals surface area contributed by atoms with Gasteiger partial charge in [-0.1, -0.05) is 0 Å².